The first-order valence-corrected chi connectivity index (χ1v) is 8.18. The lowest BCUT2D eigenvalue weighted by atomic mass is 10.1. The monoisotopic (exact) mass is 330 g/mol. The van der Waals surface area contributed by atoms with Crippen molar-refractivity contribution in [3.05, 3.63) is 41.2 Å². The Labute approximate surface area is 141 Å². The van der Waals surface area contributed by atoms with E-state index in [1.165, 1.54) is 11.8 Å². The fraction of sp³-hybridized carbons (Fsp3) is 0.353. The van der Waals surface area contributed by atoms with Crippen molar-refractivity contribution in [2.75, 3.05) is 5.73 Å². The summed E-state index contributed by atoms with van der Waals surface area (Å²) < 4.78 is 0. The van der Waals surface area contributed by atoms with Crippen LogP contribution in [0, 0.1) is 13.8 Å². The molecule has 2 rings (SSSR count). The van der Waals surface area contributed by atoms with Crippen LogP contribution >= 0.6 is 11.8 Å². The average Bonchev–Trinajstić information content (AvgIpc) is 2.38. The van der Waals surface area contributed by atoms with E-state index in [0.29, 0.717) is 16.4 Å². The van der Waals surface area contributed by atoms with Crippen molar-refractivity contribution in [3.63, 3.8) is 0 Å². The quantitative estimate of drug-likeness (QED) is 0.666. The van der Waals surface area contributed by atoms with Crippen molar-refractivity contribution < 1.29 is 4.79 Å². The molecule has 0 saturated carbocycles. The van der Waals surface area contributed by atoms with Gasteiger partial charge in [0.25, 0.3) is 5.91 Å². The van der Waals surface area contributed by atoms with E-state index in [-0.39, 0.29) is 11.4 Å². The van der Waals surface area contributed by atoms with Crippen LogP contribution in [0.5, 0.6) is 0 Å². The number of anilines is 1. The maximum atomic E-state index is 12.2. The van der Waals surface area contributed by atoms with E-state index < -0.39 is 0 Å². The van der Waals surface area contributed by atoms with Crippen LogP contribution in [-0.2, 0) is 0 Å². The van der Waals surface area contributed by atoms with Crippen molar-refractivity contribution in [2.24, 2.45) is 0 Å². The first-order chi connectivity index (χ1) is 10.6. The van der Waals surface area contributed by atoms with Crippen molar-refractivity contribution in [2.45, 2.75) is 50.2 Å². The van der Waals surface area contributed by atoms with E-state index in [1.54, 1.807) is 12.1 Å². The second-order valence-corrected chi connectivity index (χ2v) is 7.50. The number of nitrogens with one attached hydrogen (secondary N) is 1. The highest BCUT2D eigenvalue weighted by atomic mass is 32.2. The first-order valence-electron chi connectivity index (χ1n) is 7.36. The maximum Gasteiger partial charge on any atom is 0.251 e. The molecule has 0 spiro atoms. The molecule has 122 valence electrons. The highest BCUT2D eigenvalue weighted by Crippen LogP contribution is 2.30. The highest BCUT2D eigenvalue weighted by Gasteiger charge is 2.16. The van der Waals surface area contributed by atoms with Crippen LogP contribution in [0.25, 0.3) is 0 Å². The molecule has 0 fully saturated rings. The normalized spacial score (nSPS) is 11.3. The molecule has 2 aromatic rings. The molecule has 6 heteroatoms. The number of carbonyl (C=O) groups is 1. The molecule has 3 N–H and O–H groups in total. The number of hydrogen-bond acceptors (Lipinski definition) is 5. The third-order valence-corrected chi connectivity index (χ3v) is 3.88. The van der Waals surface area contributed by atoms with Gasteiger partial charge >= 0.3 is 0 Å². The van der Waals surface area contributed by atoms with Crippen molar-refractivity contribution >= 4 is 23.4 Å². The van der Waals surface area contributed by atoms with Gasteiger partial charge in [-0.25, -0.2) is 9.97 Å². The Kier molecular flexibility index (Phi) is 4.94. The van der Waals surface area contributed by atoms with Gasteiger partial charge in [-0.2, -0.15) is 0 Å². The molecule has 0 atom stereocenters. The first kappa shape index (κ1) is 17.3. The van der Waals surface area contributed by atoms with Gasteiger partial charge in [0.2, 0.25) is 0 Å². The molecule has 0 aliphatic carbocycles. The third kappa shape index (κ3) is 4.96. The molecule has 0 bridgehead atoms. The van der Waals surface area contributed by atoms with E-state index in [1.807, 2.05) is 46.8 Å². The van der Waals surface area contributed by atoms with E-state index in [0.717, 1.165) is 16.3 Å². The van der Waals surface area contributed by atoms with E-state index in [9.17, 15) is 4.79 Å². The third-order valence-electron chi connectivity index (χ3n) is 2.92. The Balaban J connectivity index is 2.21. The molecule has 1 aromatic heterocycles. The van der Waals surface area contributed by atoms with Gasteiger partial charge in [0.1, 0.15) is 0 Å². The number of aryl methyl sites for hydroxylation is 2. The predicted octanol–water partition coefficient (Wildman–Crippen LogP) is 3.36. The van der Waals surface area contributed by atoms with Gasteiger partial charge in [-0.15, -0.1) is 0 Å². The zero-order chi connectivity index (χ0) is 17.2. The van der Waals surface area contributed by atoms with Crippen LogP contribution in [0.15, 0.2) is 34.3 Å². The summed E-state index contributed by atoms with van der Waals surface area (Å²) in [6.07, 6.45) is 0. The summed E-state index contributed by atoms with van der Waals surface area (Å²) in [7, 11) is 0. The zero-order valence-corrected chi connectivity index (χ0v) is 14.9. The summed E-state index contributed by atoms with van der Waals surface area (Å²) in [4.78, 5) is 21.8. The molecule has 0 aliphatic heterocycles. The largest absolute Gasteiger partial charge is 0.398 e. The lowest BCUT2D eigenvalue weighted by molar-refractivity contribution is 0.0919. The van der Waals surface area contributed by atoms with Crippen LogP contribution in [0.1, 0.15) is 42.5 Å². The molecule has 1 aromatic carbocycles. The number of rotatable bonds is 3. The summed E-state index contributed by atoms with van der Waals surface area (Å²) in [6.45, 7) is 9.69. The Morgan fingerprint density at radius 2 is 1.74 bits per heavy atom. The molecule has 23 heavy (non-hydrogen) atoms. The minimum atomic E-state index is -0.286. The van der Waals surface area contributed by atoms with Gasteiger partial charge in [-0.3, -0.25) is 4.79 Å². The van der Waals surface area contributed by atoms with E-state index in [2.05, 4.69) is 15.3 Å². The predicted molar refractivity (Wildman–Crippen MR) is 93.7 cm³/mol. The number of nitrogen functional groups attached to an aromatic ring is 1. The molecular weight excluding hydrogens is 308 g/mol. The van der Waals surface area contributed by atoms with E-state index >= 15 is 0 Å². The second kappa shape index (κ2) is 6.58. The molecule has 1 amide bonds. The summed E-state index contributed by atoms with van der Waals surface area (Å²) in [5.74, 6) is -0.136. The van der Waals surface area contributed by atoms with Crippen LogP contribution in [0.3, 0.4) is 0 Å². The van der Waals surface area contributed by atoms with Crippen LogP contribution in [0.2, 0.25) is 0 Å². The summed E-state index contributed by atoms with van der Waals surface area (Å²) in [5.41, 5.74) is 8.72. The fourth-order valence-corrected chi connectivity index (χ4v) is 2.92. The van der Waals surface area contributed by atoms with Crippen LogP contribution in [-0.4, -0.2) is 21.4 Å². The smallest absolute Gasteiger partial charge is 0.251 e. The lowest BCUT2D eigenvalue weighted by Crippen LogP contribution is -2.40. The molecular formula is C17H22N4OS. The number of carbonyl (C=O) groups excluding carboxylic acids is 1. The minimum absolute atomic E-state index is 0.136. The number of aromatic nitrogens is 2. The van der Waals surface area contributed by atoms with Crippen molar-refractivity contribution in [1.29, 1.82) is 0 Å². The summed E-state index contributed by atoms with van der Waals surface area (Å²) in [6, 6.07) is 7.21. The van der Waals surface area contributed by atoms with Gasteiger partial charge in [-0.1, -0.05) is 0 Å². The number of nitrogens with two attached hydrogens (primary N) is 1. The molecule has 1 heterocycles. The summed E-state index contributed by atoms with van der Waals surface area (Å²) in [5, 5.41) is 3.57. The standard InChI is InChI=1S/C17H22N4OS/c1-10-8-11(2)20-16(19-10)23-14-7-6-12(9-13(14)18)15(22)21-17(3,4)5/h6-9H,18H2,1-5H3,(H,21,22). The van der Waals surface area contributed by atoms with Crippen LogP contribution < -0.4 is 11.1 Å². The van der Waals surface area contributed by atoms with Crippen LogP contribution in [0.4, 0.5) is 5.69 Å². The number of hydrogen-bond donors (Lipinski definition) is 2. The maximum absolute atomic E-state index is 12.2. The second-order valence-electron chi connectivity index (χ2n) is 6.49. The Hall–Kier alpha value is -2.08. The van der Waals surface area contributed by atoms with Gasteiger partial charge in [0.15, 0.2) is 5.16 Å². The average molecular weight is 330 g/mol. The lowest BCUT2D eigenvalue weighted by Gasteiger charge is -2.20. The highest BCUT2D eigenvalue weighted by molar-refractivity contribution is 7.99. The van der Waals surface area contributed by atoms with Gasteiger partial charge in [0, 0.05) is 33.1 Å². The Morgan fingerprint density at radius 1 is 1.13 bits per heavy atom. The van der Waals surface area contributed by atoms with Crippen molar-refractivity contribution in [3.8, 4) is 0 Å². The molecule has 0 radical (unpaired) electrons. The van der Waals surface area contributed by atoms with E-state index in [4.69, 9.17) is 5.73 Å². The zero-order valence-electron chi connectivity index (χ0n) is 14.1. The Bertz CT molecular complexity index is 718. The summed E-state index contributed by atoms with van der Waals surface area (Å²) >= 11 is 1.40. The Morgan fingerprint density at radius 3 is 2.26 bits per heavy atom. The van der Waals surface area contributed by atoms with Crippen molar-refractivity contribution in [1.82, 2.24) is 15.3 Å². The number of nitrogens with zero attached hydrogens (tertiary/aromatic N) is 2. The molecule has 5 nitrogen and oxygen atoms in total. The number of amides is 1. The van der Waals surface area contributed by atoms with Gasteiger partial charge in [0.05, 0.1) is 0 Å². The van der Waals surface area contributed by atoms with Gasteiger partial charge in [-0.05, 0) is 70.6 Å². The van der Waals surface area contributed by atoms with Gasteiger partial charge < -0.3 is 11.1 Å². The minimum Gasteiger partial charge on any atom is -0.398 e. The molecule has 0 aliphatic rings. The SMILES string of the molecule is Cc1cc(C)nc(Sc2ccc(C(=O)NC(C)(C)C)cc2N)n1. The number of benzene rings is 1. The topological polar surface area (TPSA) is 80.9 Å². The molecule has 0 unspecified atom stereocenters. The molecule has 0 saturated heterocycles. The fourth-order valence-electron chi connectivity index (χ4n) is 2.03.